The fourth-order valence-electron chi connectivity index (χ4n) is 1.46. The quantitative estimate of drug-likeness (QED) is 0.467. The molecule has 0 amide bonds. The molecule has 2 rings (SSSR count). The first kappa shape index (κ1) is 14.7. The monoisotopic (exact) mass is 397 g/mol. The lowest BCUT2D eigenvalue weighted by atomic mass is 10.2. The predicted molar refractivity (Wildman–Crippen MR) is 86.3 cm³/mol. The van der Waals surface area contributed by atoms with Crippen molar-refractivity contribution in [1.29, 1.82) is 0 Å². The van der Waals surface area contributed by atoms with Gasteiger partial charge in [-0.1, -0.05) is 30.3 Å². The molecule has 0 saturated heterocycles. The molecule has 2 aromatic rings. The van der Waals surface area contributed by atoms with E-state index in [0.717, 1.165) is 5.56 Å². The Kier molecular flexibility index (Phi) is 4.86. The smallest absolute Gasteiger partial charge is 0.270 e. The summed E-state index contributed by atoms with van der Waals surface area (Å²) in [5.41, 5.74) is 4.44. The summed E-state index contributed by atoms with van der Waals surface area (Å²) in [6.07, 6.45) is 0. The molecule has 0 bridgehead atoms. The van der Waals surface area contributed by atoms with Crippen LogP contribution in [0, 0.1) is 10.1 Å². The zero-order chi connectivity index (χ0) is 14.5. The van der Waals surface area contributed by atoms with Gasteiger partial charge < -0.3 is 0 Å². The van der Waals surface area contributed by atoms with E-state index in [-0.39, 0.29) is 5.69 Å². The molecule has 0 aliphatic carbocycles. The van der Waals surface area contributed by atoms with Gasteiger partial charge in [-0.3, -0.25) is 15.5 Å². The molecule has 0 aliphatic heterocycles. The van der Waals surface area contributed by atoms with Crippen molar-refractivity contribution >= 4 is 47.9 Å². The van der Waals surface area contributed by atoms with Crippen LogP contribution >= 0.6 is 31.9 Å². The molecular weight excluding hydrogens is 390 g/mol. The van der Waals surface area contributed by atoms with Gasteiger partial charge in [0.2, 0.25) is 0 Å². The van der Waals surface area contributed by atoms with Crippen molar-refractivity contribution in [3.63, 3.8) is 0 Å². The Bertz CT molecular complexity index is 660. The van der Waals surface area contributed by atoms with Gasteiger partial charge in [0.05, 0.1) is 10.6 Å². The van der Waals surface area contributed by atoms with Crippen LogP contribution in [0.1, 0.15) is 5.56 Å². The predicted octanol–water partition coefficient (Wildman–Crippen LogP) is 4.53. The third-order valence-electron chi connectivity index (χ3n) is 2.45. The van der Waals surface area contributed by atoms with Gasteiger partial charge in [-0.2, -0.15) is 5.10 Å². The number of nitro benzene ring substituents is 1. The third-order valence-corrected chi connectivity index (χ3v) is 3.74. The van der Waals surface area contributed by atoms with E-state index >= 15 is 0 Å². The molecule has 5 nitrogen and oxygen atoms in total. The molecule has 0 unspecified atom stereocenters. The SMILES string of the molecule is O=[N+]([O-])c1ccc(N/N=C(\Br)c2ccccc2)c(Br)c1. The van der Waals surface area contributed by atoms with Crippen molar-refractivity contribution in [2.75, 3.05) is 5.43 Å². The van der Waals surface area contributed by atoms with Crippen LogP contribution in [0.2, 0.25) is 0 Å². The van der Waals surface area contributed by atoms with Gasteiger partial charge in [0.15, 0.2) is 0 Å². The number of nitro groups is 1. The van der Waals surface area contributed by atoms with Crippen molar-refractivity contribution in [3.8, 4) is 0 Å². The largest absolute Gasteiger partial charge is 0.276 e. The van der Waals surface area contributed by atoms with Crippen molar-refractivity contribution in [1.82, 2.24) is 0 Å². The van der Waals surface area contributed by atoms with Gasteiger partial charge in [-0.25, -0.2) is 0 Å². The average molecular weight is 399 g/mol. The summed E-state index contributed by atoms with van der Waals surface area (Å²) in [6, 6.07) is 14.0. The lowest BCUT2D eigenvalue weighted by Crippen LogP contribution is -1.97. The first-order valence-corrected chi connectivity index (χ1v) is 7.15. The molecule has 0 atom stereocenters. The summed E-state index contributed by atoms with van der Waals surface area (Å²) in [5.74, 6) is 0. The van der Waals surface area contributed by atoms with Gasteiger partial charge in [0, 0.05) is 22.2 Å². The molecule has 0 heterocycles. The van der Waals surface area contributed by atoms with Gasteiger partial charge >= 0.3 is 0 Å². The van der Waals surface area contributed by atoms with E-state index in [2.05, 4.69) is 42.4 Å². The number of benzene rings is 2. The Labute approximate surface area is 132 Å². The molecule has 2 aromatic carbocycles. The number of nitrogens with zero attached hydrogens (tertiary/aromatic N) is 2. The van der Waals surface area contributed by atoms with Crippen LogP contribution in [-0.2, 0) is 0 Å². The van der Waals surface area contributed by atoms with Gasteiger partial charge in [0.1, 0.15) is 4.62 Å². The summed E-state index contributed by atoms with van der Waals surface area (Å²) in [7, 11) is 0. The number of hydrogen-bond donors (Lipinski definition) is 1. The fourth-order valence-corrected chi connectivity index (χ4v) is 2.27. The second kappa shape index (κ2) is 6.62. The summed E-state index contributed by atoms with van der Waals surface area (Å²) in [4.78, 5) is 10.2. The van der Waals surface area contributed by atoms with E-state index in [9.17, 15) is 10.1 Å². The number of nitrogens with one attached hydrogen (secondary N) is 1. The number of anilines is 1. The standard InChI is InChI=1S/C13H9Br2N3O2/c14-11-8-10(18(19)20)6-7-12(11)16-17-13(15)9-4-2-1-3-5-9/h1-8,16H/b17-13-. The lowest BCUT2D eigenvalue weighted by molar-refractivity contribution is -0.384. The van der Waals surface area contributed by atoms with Crippen molar-refractivity contribution in [3.05, 3.63) is 68.7 Å². The maximum absolute atomic E-state index is 10.6. The molecule has 0 saturated carbocycles. The Morgan fingerprint density at radius 1 is 1.20 bits per heavy atom. The van der Waals surface area contributed by atoms with Crippen LogP contribution in [0.5, 0.6) is 0 Å². The minimum atomic E-state index is -0.447. The summed E-state index contributed by atoms with van der Waals surface area (Å²) in [6.45, 7) is 0. The zero-order valence-electron chi connectivity index (χ0n) is 10.1. The highest BCUT2D eigenvalue weighted by molar-refractivity contribution is 9.18. The highest BCUT2D eigenvalue weighted by atomic mass is 79.9. The molecule has 0 spiro atoms. The fraction of sp³-hybridized carbons (Fsp3) is 0. The van der Waals surface area contributed by atoms with Crippen LogP contribution in [-0.4, -0.2) is 9.54 Å². The number of hydrogen-bond acceptors (Lipinski definition) is 4. The van der Waals surface area contributed by atoms with Crippen molar-refractivity contribution in [2.24, 2.45) is 5.10 Å². The van der Waals surface area contributed by atoms with Crippen LogP contribution in [0.15, 0.2) is 58.1 Å². The second-order valence-electron chi connectivity index (χ2n) is 3.80. The Morgan fingerprint density at radius 2 is 1.90 bits per heavy atom. The number of rotatable bonds is 4. The Hall–Kier alpha value is -1.73. The van der Waals surface area contributed by atoms with Crippen LogP contribution in [0.3, 0.4) is 0 Å². The summed E-state index contributed by atoms with van der Waals surface area (Å²) in [5, 5.41) is 14.8. The molecule has 7 heteroatoms. The van der Waals surface area contributed by atoms with E-state index in [1.807, 2.05) is 30.3 Å². The first-order chi connectivity index (χ1) is 9.58. The average Bonchev–Trinajstić information content (AvgIpc) is 2.46. The summed E-state index contributed by atoms with van der Waals surface area (Å²) < 4.78 is 1.21. The van der Waals surface area contributed by atoms with E-state index in [0.29, 0.717) is 14.8 Å². The van der Waals surface area contributed by atoms with E-state index in [1.54, 1.807) is 6.07 Å². The minimum Gasteiger partial charge on any atom is -0.276 e. The Morgan fingerprint density at radius 3 is 2.50 bits per heavy atom. The molecule has 0 radical (unpaired) electrons. The number of hydrazone groups is 1. The van der Waals surface area contributed by atoms with Crippen molar-refractivity contribution in [2.45, 2.75) is 0 Å². The highest BCUT2D eigenvalue weighted by Crippen LogP contribution is 2.27. The van der Waals surface area contributed by atoms with Gasteiger partial charge in [-0.05, 0) is 37.9 Å². The van der Waals surface area contributed by atoms with Gasteiger partial charge in [0.25, 0.3) is 5.69 Å². The normalized spacial score (nSPS) is 11.2. The van der Waals surface area contributed by atoms with E-state index in [1.165, 1.54) is 12.1 Å². The van der Waals surface area contributed by atoms with Crippen LogP contribution in [0.4, 0.5) is 11.4 Å². The van der Waals surface area contributed by atoms with Crippen molar-refractivity contribution < 1.29 is 4.92 Å². The van der Waals surface area contributed by atoms with Crippen LogP contribution in [0.25, 0.3) is 0 Å². The van der Waals surface area contributed by atoms with E-state index < -0.39 is 4.92 Å². The second-order valence-corrected chi connectivity index (χ2v) is 5.41. The lowest BCUT2D eigenvalue weighted by Gasteiger charge is -2.04. The zero-order valence-corrected chi connectivity index (χ0v) is 13.3. The van der Waals surface area contributed by atoms with E-state index in [4.69, 9.17) is 0 Å². The molecule has 0 aliphatic rings. The third kappa shape index (κ3) is 3.64. The Balaban J connectivity index is 2.17. The molecule has 102 valence electrons. The molecule has 0 aromatic heterocycles. The van der Waals surface area contributed by atoms with Gasteiger partial charge in [-0.15, -0.1) is 0 Å². The molecule has 1 N–H and O–H groups in total. The summed E-state index contributed by atoms with van der Waals surface area (Å²) >= 11 is 6.64. The number of non-ortho nitro benzene ring substituents is 1. The molecule has 0 fully saturated rings. The maximum atomic E-state index is 10.6. The minimum absolute atomic E-state index is 0.0218. The van der Waals surface area contributed by atoms with Crippen LogP contribution < -0.4 is 5.43 Å². The maximum Gasteiger partial charge on any atom is 0.270 e. The first-order valence-electron chi connectivity index (χ1n) is 5.56. The molecular formula is C13H9Br2N3O2. The number of halogens is 2. The molecule has 20 heavy (non-hydrogen) atoms. The topological polar surface area (TPSA) is 67.5 Å². The highest BCUT2D eigenvalue weighted by Gasteiger charge is 2.08.